The normalized spacial score (nSPS) is 15.8. The van der Waals surface area contributed by atoms with Gasteiger partial charge in [-0.05, 0) is 55.9 Å². The molecule has 1 aliphatic carbocycles. The van der Waals surface area contributed by atoms with Crippen LogP contribution in [0.3, 0.4) is 0 Å². The van der Waals surface area contributed by atoms with Gasteiger partial charge in [-0.3, -0.25) is 9.98 Å². The molecule has 3 rings (SSSR count). The maximum absolute atomic E-state index is 5.02. The van der Waals surface area contributed by atoms with Gasteiger partial charge < -0.3 is 0 Å². The number of pyridine rings is 1. The first-order valence-corrected chi connectivity index (χ1v) is 23.1. The molecule has 0 unspecified atom stereocenters. The first-order valence-electron chi connectivity index (χ1n) is 11.1. The average Bonchev–Trinajstić information content (AvgIpc) is 2.74. The Morgan fingerprint density at radius 2 is 1.44 bits per heavy atom. The molecular weight excluding hydrogens is 593 g/mol. The molecule has 1 fully saturated rings. The number of para-hydroxylation sites is 1. The van der Waals surface area contributed by atoms with Crippen LogP contribution in [0.4, 0.5) is 5.69 Å². The van der Waals surface area contributed by atoms with Gasteiger partial charge in [0.15, 0.2) is 0 Å². The second kappa shape index (κ2) is 13.7. The van der Waals surface area contributed by atoms with Crippen molar-refractivity contribution in [3.8, 4) is 0 Å². The molecule has 0 amide bonds. The van der Waals surface area contributed by atoms with Gasteiger partial charge in [0.1, 0.15) is 0 Å². The number of aromatic nitrogens is 1. The summed E-state index contributed by atoms with van der Waals surface area (Å²) in [6.45, 7) is 10.8. The quantitative estimate of drug-likeness (QED) is 0.313. The summed E-state index contributed by atoms with van der Waals surface area (Å²) in [5.41, 5.74) is 6.17. The van der Waals surface area contributed by atoms with Gasteiger partial charge in [0, 0.05) is 0 Å². The Hall–Kier alpha value is -0.0694. The fraction of sp³-hybridized carbons (Fsp3) is 0.480. The van der Waals surface area contributed by atoms with Gasteiger partial charge in [-0.2, -0.15) is 0 Å². The zero-order chi connectivity index (χ0) is 23.7. The summed E-state index contributed by atoms with van der Waals surface area (Å²) in [6, 6.07) is 15.0. The Morgan fingerprint density at radius 3 is 2.03 bits per heavy atom. The standard InChI is InChI=1S/C25H33N3.3ClH.Nd/c1-18(26-20-12-7-6-8-13-20)22-16-11-17-23(28-22)19(2)27-24-15-10-9-14-21(24)25(3,4)5;;;;/h9-11,14-17,20H,6-8,12-13H2,1-5H3;3*1H;/q;;;;+3/p-3. The molecule has 7 heteroatoms. The summed E-state index contributed by atoms with van der Waals surface area (Å²) in [4.78, 5) is 14.7. The third-order valence-electron chi connectivity index (χ3n) is 5.44. The molecular formula is C25H33Cl3N3Nd. The third-order valence-corrected chi connectivity index (χ3v) is 5.44. The number of benzene rings is 1. The molecule has 32 heavy (non-hydrogen) atoms. The van der Waals surface area contributed by atoms with E-state index in [4.69, 9.17) is 32.4 Å². The number of halogens is 3. The van der Waals surface area contributed by atoms with E-state index >= 15 is 0 Å². The van der Waals surface area contributed by atoms with Crippen molar-refractivity contribution in [1.29, 1.82) is 0 Å². The van der Waals surface area contributed by atoms with Gasteiger partial charge in [-0.1, -0.05) is 64.3 Å². The molecule has 0 saturated heterocycles. The summed E-state index contributed by atoms with van der Waals surface area (Å²) in [6.07, 6.45) is 6.37. The Bertz CT molecular complexity index is 927. The number of hydrogen-bond donors (Lipinski definition) is 0. The maximum atomic E-state index is 5.02. The van der Waals surface area contributed by atoms with E-state index < -0.39 is 29.9 Å². The summed E-state index contributed by atoms with van der Waals surface area (Å²) >= 11 is -2.24. The van der Waals surface area contributed by atoms with Crippen LogP contribution in [0.15, 0.2) is 52.4 Å². The van der Waals surface area contributed by atoms with Crippen LogP contribution < -0.4 is 0 Å². The van der Waals surface area contributed by atoms with Crippen molar-refractivity contribution in [2.75, 3.05) is 0 Å². The second-order valence-corrected chi connectivity index (χ2v) is 23.2. The van der Waals surface area contributed by atoms with Crippen LogP contribution in [0.5, 0.6) is 0 Å². The van der Waals surface area contributed by atoms with Crippen molar-refractivity contribution in [3.63, 3.8) is 0 Å². The average molecular weight is 626 g/mol. The van der Waals surface area contributed by atoms with E-state index in [-0.39, 0.29) is 5.41 Å². The van der Waals surface area contributed by atoms with E-state index in [1.165, 1.54) is 37.7 Å². The minimum absolute atomic E-state index is 0.0545. The van der Waals surface area contributed by atoms with E-state index in [1.54, 1.807) is 0 Å². The van der Waals surface area contributed by atoms with Crippen LogP contribution in [0.25, 0.3) is 0 Å². The first kappa shape index (κ1) is 28.2. The molecule has 0 bridgehead atoms. The SMILES string of the molecule is CC(=Nc1ccccc1C(C)(C)C)c1cccc(C(C)=NC2CCCCC2)n1.[Cl][Nd]([Cl])[Cl]. The number of hydrogen-bond acceptors (Lipinski definition) is 3. The Balaban J connectivity index is 0.000000837. The molecule has 173 valence electrons. The fourth-order valence-corrected chi connectivity index (χ4v) is 3.83. The molecule has 1 heterocycles. The predicted octanol–water partition coefficient (Wildman–Crippen LogP) is 8.73. The number of rotatable bonds is 4. The molecule has 3 nitrogen and oxygen atoms in total. The Kier molecular flexibility index (Phi) is 12.1. The summed E-state index contributed by atoms with van der Waals surface area (Å²) in [5.74, 6) is 15.1. The van der Waals surface area contributed by atoms with Crippen molar-refractivity contribution in [3.05, 3.63) is 59.4 Å². The molecule has 1 saturated carbocycles. The van der Waals surface area contributed by atoms with Crippen LogP contribution in [-0.4, -0.2) is 22.4 Å². The van der Waals surface area contributed by atoms with Crippen molar-refractivity contribution >= 4 is 34.5 Å². The zero-order valence-electron chi connectivity index (χ0n) is 19.6. The third kappa shape index (κ3) is 9.66. The predicted molar refractivity (Wildman–Crippen MR) is 138 cm³/mol. The van der Waals surface area contributed by atoms with E-state index in [0.717, 1.165) is 28.5 Å². The number of aliphatic imine (C=N–C) groups is 2. The van der Waals surface area contributed by atoms with Crippen LogP contribution >= 0.6 is 17.4 Å². The Labute approximate surface area is 214 Å². The van der Waals surface area contributed by atoms with Gasteiger partial charge >= 0.3 is 47.3 Å². The zero-order valence-corrected chi connectivity index (χ0v) is 25.1. The summed E-state index contributed by atoms with van der Waals surface area (Å²) in [7, 11) is 0. The molecule has 1 aromatic carbocycles. The van der Waals surface area contributed by atoms with Gasteiger partial charge in [-0.25, -0.2) is 4.98 Å². The molecule has 0 N–H and O–H groups in total. The van der Waals surface area contributed by atoms with Gasteiger partial charge in [0.05, 0.1) is 34.5 Å². The molecule has 0 spiro atoms. The molecule has 1 aliphatic rings. The minimum atomic E-state index is -2.24. The van der Waals surface area contributed by atoms with Crippen LogP contribution in [0, 0.1) is 29.9 Å². The summed E-state index contributed by atoms with van der Waals surface area (Å²) < 4.78 is 0. The molecule has 0 radical (unpaired) electrons. The van der Waals surface area contributed by atoms with Crippen molar-refractivity contribution in [2.45, 2.75) is 78.2 Å². The molecule has 1 aromatic heterocycles. The Morgan fingerprint density at radius 1 is 0.875 bits per heavy atom. The van der Waals surface area contributed by atoms with Crippen molar-refractivity contribution < 1.29 is 29.9 Å². The van der Waals surface area contributed by atoms with E-state index in [0.29, 0.717) is 6.04 Å². The van der Waals surface area contributed by atoms with E-state index in [9.17, 15) is 0 Å². The van der Waals surface area contributed by atoms with Gasteiger partial charge in [-0.15, -0.1) is 0 Å². The van der Waals surface area contributed by atoms with Crippen molar-refractivity contribution in [1.82, 2.24) is 4.98 Å². The van der Waals surface area contributed by atoms with Crippen LogP contribution in [0.1, 0.15) is 83.7 Å². The van der Waals surface area contributed by atoms with Gasteiger partial charge in [0.25, 0.3) is 0 Å². The molecule has 2 aromatic rings. The van der Waals surface area contributed by atoms with E-state index in [1.807, 2.05) is 19.1 Å². The monoisotopic (exact) mass is 622 g/mol. The van der Waals surface area contributed by atoms with Crippen molar-refractivity contribution in [2.24, 2.45) is 9.98 Å². The van der Waals surface area contributed by atoms with E-state index in [2.05, 4.69) is 58.0 Å². The second-order valence-electron chi connectivity index (χ2n) is 9.09. The summed E-state index contributed by atoms with van der Waals surface area (Å²) in [5, 5.41) is 0. The first-order chi connectivity index (χ1) is 15.1. The van der Waals surface area contributed by atoms with Crippen LogP contribution in [0.2, 0.25) is 0 Å². The number of nitrogens with zero attached hydrogens (tertiary/aromatic N) is 3. The van der Waals surface area contributed by atoms with Crippen LogP contribution in [-0.2, 0) is 5.41 Å². The molecule has 0 aliphatic heterocycles. The topological polar surface area (TPSA) is 37.6 Å². The van der Waals surface area contributed by atoms with Gasteiger partial charge in [0.2, 0.25) is 0 Å². The fourth-order valence-electron chi connectivity index (χ4n) is 3.83. The molecule has 0 atom stereocenters.